The molecule has 0 radical (unpaired) electrons. The first-order valence-electron chi connectivity index (χ1n) is 15.9. The molecule has 0 bridgehead atoms. The van der Waals surface area contributed by atoms with Gasteiger partial charge in [-0.3, -0.25) is 0 Å². The van der Waals surface area contributed by atoms with Gasteiger partial charge in [-0.1, -0.05) is 60.6 Å². The summed E-state index contributed by atoms with van der Waals surface area (Å²) in [6.07, 6.45) is 10.7. The standard InChI is InChI=1S/2C16H21ClN6OS/c2*1-16(9-18)3-5-23(8-11(16)24)12-6-22-13(7-21-12)25-10-2-4-20-15(19)14(10)17/h2*2,4,6-7,11,24H,3,5,8-9,18H2,1H3,(H2,19,20)/t2*11-,16+/m10/s1. The van der Waals surface area contributed by atoms with E-state index in [1.165, 1.54) is 23.5 Å². The second-order valence-electron chi connectivity index (χ2n) is 12.8. The van der Waals surface area contributed by atoms with E-state index >= 15 is 0 Å². The Morgan fingerprint density at radius 3 is 1.42 bits per heavy atom. The molecule has 14 nitrogen and oxygen atoms in total. The van der Waals surface area contributed by atoms with Gasteiger partial charge in [-0.25, -0.2) is 29.9 Å². The molecule has 2 aliphatic heterocycles. The Balaban J connectivity index is 0.000000194. The highest BCUT2D eigenvalue weighted by molar-refractivity contribution is 7.99. The minimum Gasteiger partial charge on any atom is -0.391 e. The molecule has 2 aliphatic rings. The summed E-state index contributed by atoms with van der Waals surface area (Å²) in [6, 6.07) is 3.57. The zero-order valence-corrected chi connectivity index (χ0v) is 30.9. The molecule has 2 saturated heterocycles. The first-order chi connectivity index (χ1) is 23.9. The number of nitrogens with two attached hydrogens (primary N) is 4. The van der Waals surface area contributed by atoms with Crippen molar-refractivity contribution in [1.82, 2.24) is 29.9 Å². The largest absolute Gasteiger partial charge is 0.391 e. The SMILES string of the molecule is C[C@@]1(CN)CCN(c2cnc(Sc3ccnc(N)c3Cl)cn2)C[C@H]1O.C[C@]1(CN)CCN(c2cnc(Sc3ccnc(N)c3Cl)cn2)C[C@@H]1O. The van der Waals surface area contributed by atoms with Gasteiger partial charge in [-0.2, -0.15) is 0 Å². The van der Waals surface area contributed by atoms with Gasteiger partial charge < -0.3 is 42.9 Å². The van der Waals surface area contributed by atoms with E-state index in [9.17, 15) is 10.2 Å². The molecule has 2 fully saturated rings. The summed E-state index contributed by atoms with van der Waals surface area (Å²) in [5.41, 5.74) is 22.5. The van der Waals surface area contributed by atoms with Gasteiger partial charge in [-0.05, 0) is 25.0 Å². The molecule has 0 aromatic carbocycles. The van der Waals surface area contributed by atoms with Crippen molar-refractivity contribution in [2.75, 3.05) is 60.5 Å². The fourth-order valence-electron chi connectivity index (χ4n) is 5.36. The van der Waals surface area contributed by atoms with E-state index in [1.54, 1.807) is 49.3 Å². The lowest BCUT2D eigenvalue weighted by Gasteiger charge is -2.43. The lowest BCUT2D eigenvalue weighted by Crippen LogP contribution is -2.53. The first kappa shape index (κ1) is 38.0. The number of nitrogen functional groups attached to an aromatic ring is 2. The monoisotopic (exact) mass is 760 g/mol. The molecular formula is C32H42Cl2N12O2S2. The van der Waals surface area contributed by atoms with E-state index in [0.29, 0.717) is 57.9 Å². The van der Waals surface area contributed by atoms with Gasteiger partial charge in [0.25, 0.3) is 0 Å². The minimum atomic E-state index is -0.485. The number of rotatable bonds is 8. The summed E-state index contributed by atoms with van der Waals surface area (Å²) >= 11 is 15.1. The number of halogens is 2. The van der Waals surface area contributed by atoms with E-state index < -0.39 is 12.2 Å². The van der Waals surface area contributed by atoms with Crippen molar-refractivity contribution in [3.05, 3.63) is 59.4 Å². The lowest BCUT2D eigenvalue weighted by molar-refractivity contribution is 0.0277. The smallest absolute Gasteiger partial charge is 0.147 e. The molecule has 6 rings (SSSR count). The van der Waals surface area contributed by atoms with Crippen LogP contribution in [0.2, 0.25) is 10.0 Å². The van der Waals surface area contributed by atoms with E-state index in [0.717, 1.165) is 47.4 Å². The van der Waals surface area contributed by atoms with Crippen molar-refractivity contribution in [2.24, 2.45) is 22.3 Å². The van der Waals surface area contributed by atoms with Gasteiger partial charge in [-0.15, -0.1) is 0 Å². The molecule has 50 heavy (non-hydrogen) atoms. The van der Waals surface area contributed by atoms with Crippen LogP contribution < -0.4 is 32.7 Å². The molecule has 268 valence electrons. The Morgan fingerprint density at radius 2 is 1.10 bits per heavy atom. The van der Waals surface area contributed by atoms with Crippen LogP contribution in [0.25, 0.3) is 0 Å². The number of pyridine rings is 2. The van der Waals surface area contributed by atoms with Gasteiger partial charge in [0.1, 0.15) is 33.3 Å². The van der Waals surface area contributed by atoms with E-state index in [-0.39, 0.29) is 10.8 Å². The normalized spacial score (nSPS) is 23.7. The quantitative estimate of drug-likeness (QED) is 0.151. The van der Waals surface area contributed by atoms with Crippen LogP contribution >= 0.6 is 46.7 Å². The summed E-state index contributed by atoms with van der Waals surface area (Å²) in [7, 11) is 0. The van der Waals surface area contributed by atoms with Crippen molar-refractivity contribution in [3.63, 3.8) is 0 Å². The highest BCUT2D eigenvalue weighted by atomic mass is 35.5. The molecule has 18 heteroatoms. The predicted octanol–water partition coefficient (Wildman–Crippen LogP) is 3.59. The summed E-state index contributed by atoms with van der Waals surface area (Å²) in [5, 5.41) is 23.0. The minimum absolute atomic E-state index is 0.238. The Kier molecular flexibility index (Phi) is 12.5. The topological polar surface area (TPSA) is 228 Å². The number of anilines is 4. The lowest BCUT2D eigenvalue weighted by atomic mass is 9.78. The molecule has 4 aromatic heterocycles. The Hall–Kier alpha value is -3.22. The highest BCUT2D eigenvalue weighted by Crippen LogP contribution is 2.37. The molecule has 0 saturated carbocycles. The van der Waals surface area contributed by atoms with Gasteiger partial charge in [0.15, 0.2) is 0 Å². The molecule has 4 atom stereocenters. The molecule has 4 aromatic rings. The summed E-state index contributed by atoms with van der Waals surface area (Å²) in [5.74, 6) is 2.06. The zero-order chi connectivity index (χ0) is 36.1. The Morgan fingerprint density at radius 1 is 0.700 bits per heavy atom. The zero-order valence-electron chi connectivity index (χ0n) is 27.8. The van der Waals surface area contributed by atoms with Crippen LogP contribution in [-0.2, 0) is 0 Å². The van der Waals surface area contributed by atoms with Crippen LogP contribution in [0.3, 0.4) is 0 Å². The van der Waals surface area contributed by atoms with Gasteiger partial charge in [0.2, 0.25) is 0 Å². The number of aromatic nitrogens is 6. The van der Waals surface area contributed by atoms with Crippen LogP contribution in [0.4, 0.5) is 23.3 Å². The van der Waals surface area contributed by atoms with Gasteiger partial charge in [0, 0.05) is 72.3 Å². The fraction of sp³-hybridized carbons (Fsp3) is 0.438. The van der Waals surface area contributed by atoms with Crippen LogP contribution in [0.1, 0.15) is 26.7 Å². The first-order valence-corrected chi connectivity index (χ1v) is 18.3. The maximum Gasteiger partial charge on any atom is 0.147 e. The maximum atomic E-state index is 10.4. The number of hydrogen-bond acceptors (Lipinski definition) is 16. The van der Waals surface area contributed by atoms with Crippen molar-refractivity contribution < 1.29 is 10.2 Å². The fourth-order valence-corrected chi connectivity index (χ4v) is 7.34. The van der Waals surface area contributed by atoms with Crippen molar-refractivity contribution >= 4 is 70.0 Å². The summed E-state index contributed by atoms with van der Waals surface area (Å²) < 4.78 is 0. The molecule has 6 heterocycles. The molecule has 0 amide bonds. The predicted molar refractivity (Wildman–Crippen MR) is 200 cm³/mol. The van der Waals surface area contributed by atoms with E-state index in [2.05, 4.69) is 29.9 Å². The van der Waals surface area contributed by atoms with Crippen molar-refractivity contribution in [1.29, 1.82) is 0 Å². The molecule has 10 N–H and O–H groups in total. The number of piperidine rings is 2. The van der Waals surface area contributed by atoms with Crippen LogP contribution in [0.5, 0.6) is 0 Å². The average molecular weight is 762 g/mol. The Labute approximate surface area is 309 Å². The summed E-state index contributed by atoms with van der Waals surface area (Å²) in [4.78, 5) is 31.3. The van der Waals surface area contributed by atoms with E-state index in [1.807, 2.05) is 23.6 Å². The maximum absolute atomic E-state index is 10.4. The summed E-state index contributed by atoms with van der Waals surface area (Å²) in [6.45, 7) is 7.56. The van der Waals surface area contributed by atoms with Crippen molar-refractivity contribution in [2.45, 2.75) is 58.7 Å². The molecule has 0 spiro atoms. The third-order valence-electron chi connectivity index (χ3n) is 9.30. The second kappa shape index (κ2) is 16.4. The number of nitrogens with zero attached hydrogens (tertiary/aromatic N) is 8. The van der Waals surface area contributed by atoms with Crippen LogP contribution in [0.15, 0.2) is 69.2 Å². The van der Waals surface area contributed by atoms with E-state index in [4.69, 9.17) is 46.1 Å². The molecule has 0 aliphatic carbocycles. The number of β-amino-alcohol motifs (C(OH)–C–C–N with tert-alkyl or cyclic N) is 2. The van der Waals surface area contributed by atoms with Crippen LogP contribution in [-0.4, -0.2) is 91.6 Å². The van der Waals surface area contributed by atoms with Crippen molar-refractivity contribution in [3.8, 4) is 0 Å². The highest BCUT2D eigenvalue weighted by Gasteiger charge is 2.38. The Bertz CT molecular complexity index is 1620. The van der Waals surface area contributed by atoms with Gasteiger partial charge in [0.05, 0.1) is 47.0 Å². The second-order valence-corrected chi connectivity index (χ2v) is 15.7. The van der Waals surface area contributed by atoms with Crippen LogP contribution in [0, 0.1) is 10.8 Å². The third-order valence-corrected chi connectivity index (χ3v) is 12.3. The third kappa shape index (κ3) is 8.80. The molecule has 0 unspecified atom stereocenters. The molecular weight excluding hydrogens is 719 g/mol. The average Bonchev–Trinajstić information content (AvgIpc) is 3.12. The number of aliphatic hydroxyl groups excluding tert-OH is 2. The number of hydrogen-bond donors (Lipinski definition) is 6. The van der Waals surface area contributed by atoms with Gasteiger partial charge >= 0.3 is 0 Å². The number of aliphatic hydroxyl groups is 2.